The summed E-state index contributed by atoms with van der Waals surface area (Å²) in [6, 6.07) is 69.9. The van der Waals surface area contributed by atoms with Crippen LogP contribution in [0.2, 0.25) is 0 Å². The van der Waals surface area contributed by atoms with Crippen LogP contribution in [0.4, 0.5) is 17.1 Å². The van der Waals surface area contributed by atoms with E-state index < -0.39 is 5.85 Å². The molecule has 4 heteroatoms. The van der Waals surface area contributed by atoms with Crippen LogP contribution in [0.3, 0.4) is 0 Å². The number of aromatic nitrogens is 1. The summed E-state index contributed by atoms with van der Waals surface area (Å²) in [6.45, 7) is 16.2. The third kappa shape index (κ3) is 5.83. The van der Waals surface area contributed by atoms with Gasteiger partial charge in [0.15, 0.2) is 6.20 Å². The van der Waals surface area contributed by atoms with Gasteiger partial charge in [0.2, 0.25) is 5.69 Å². The predicted molar refractivity (Wildman–Crippen MR) is 279 cm³/mol. The van der Waals surface area contributed by atoms with Crippen molar-refractivity contribution >= 4 is 17.1 Å². The van der Waals surface area contributed by atoms with Crippen molar-refractivity contribution in [2.45, 2.75) is 71.3 Å². The summed E-state index contributed by atoms with van der Waals surface area (Å²) >= 11 is 0. The van der Waals surface area contributed by atoms with Crippen LogP contribution in [0.15, 0.2) is 194 Å². The van der Waals surface area contributed by atoms with Crippen molar-refractivity contribution in [2.24, 2.45) is 0 Å². The minimum absolute atomic E-state index is 0.107. The quantitative estimate of drug-likeness (QED) is 0.161. The molecule has 68 heavy (non-hydrogen) atoms. The molecule has 1 aromatic heterocycles. The van der Waals surface area contributed by atoms with Gasteiger partial charge in [-0.15, -0.1) is 4.57 Å². The van der Waals surface area contributed by atoms with Crippen LogP contribution in [0, 0.1) is 6.92 Å². The van der Waals surface area contributed by atoms with Crippen molar-refractivity contribution in [3.8, 4) is 72.6 Å². The Bertz CT molecular complexity index is 3510. The van der Waals surface area contributed by atoms with Gasteiger partial charge in [0, 0.05) is 39.9 Å². The molecule has 2 atom stereocenters. The summed E-state index contributed by atoms with van der Waals surface area (Å²) in [5.74, 6) is -0.104. The van der Waals surface area contributed by atoms with Gasteiger partial charge in [-0.1, -0.05) is 187 Å². The lowest BCUT2D eigenvalue weighted by molar-refractivity contribution is -0.774. The van der Waals surface area contributed by atoms with Crippen molar-refractivity contribution in [2.75, 3.05) is 9.80 Å². The number of hydrogen-bond acceptors (Lipinski definition) is 3. The first-order valence-electron chi connectivity index (χ1n) is 24.1. The Morgan fingerprint density at radius 1 is 0.485 bits per heavy atom. The molecule has 4 nitrogen and oxygen atoms in total. The molecule has 0 amide bonds. The van der Waals surface area contributed by atoms with Crippen LogP contribution in [0.1, 0.15) is 75.5 Å². The Kier molecular flexibility index (Phi) is 8.60. The highest BCUT2D eigenvalue weighted by molar-refractivity contribution is 6.03. The molecule has 5 heterocycles. The highest BCUT2D eigenvalue weighted by Crippen LogP contribution is 2.68. The molecule has 4 aliphatic heterocycles. The number of ether oxygens (including phenoxy) is 1. The third-order valence-corrected chi connectivity index (χ3v) is 14.9. The van der Waals surface area contributed by atoms with E-state index in [-0.39, 0.29) is 17.0 Å². The highest BCUT2D eigenvalue weighted by atomic mass is 16.5. The zero-order valence-electron chi connectivity index (χ0n) is 39.8. The van der Waals surface area contributed by atoms with Crippen molar-refractivity contribution < 1.29 is 9.30 Å². The van der Waals surface area contributed by atoms with Gasteiger partial charge >= 0.3 is 5.85 Å². The summed E-state index contributed by atoms with van der Waals surface area (Å²) < 4.78 is 10.7. The zero-order chi connectivity index (χ0) is 46.3. The number of rotatable bonds is 5. The first-order chi connectivity index (χ1) is 32.9. The average molecular weight is 881 g/mol. The molecule has 0 saturated carbocycles. The second kappa shape index (κ2) is 14.4. The van der Waals surface area contributed by atoms with Crippen LogP contribution in [-0.4, -0.2) is 0 Å². The fraction of sp³-hybridized carbons (Fsp3) is 0.172. The SMILES string of the molecule is Cc1ccc(N2c3cccc4c3N3C2c2cc(C(C)(C)C)cc(C(C)(C)C)c2OC32c3c-4cc(-c4ccccc4)cc3-c3cc(-c4ccc(-c5ccccc5)cc4)cc[n+]32)c(-c2ccccc2)c1. The lowest BCUT2D eigenvalue weighted by Crippen LogP contribution is -2.71. The molecule has 0 fully saturated rings. The summed E-state index contributed by atoms with van der Waals surface area (Å²) in [7, 11) is 0. The van der Waals surface area contributed by atoms with E-state index in [9.17, 15) is 0 Å². The van der Waals surface area contributed by atoms with Gasteiger partial charge in [-0.2, -0.15) is 0 Å². The van der Waals surface area contributed by atoms with Gasteiger partial charge in [-0.3, -0.25) is 0 Å². The van der Waals surface area contributed by atoms with Crippen LogP contribution >= 0.6 is 0 Å². The number of para-hydroxylation sites is 1. The number of aryl methyl sites for hydroxylation is 1. The maximum atomic E-state index is 8.20. The molecule has 9 aromatic rings. The van der Waals surface area contributed by atoms with Crippen molar-refractivity contribution in [3.63, 3.8) is 0 Å². The number of benzene rings is 8. The van der Waals surface area contributed by atoms with Crippen molar-refractivity contribution in [1.29, 1.82) is 0 Å². The van der Waals surface area contributed by atoms with Crippen LogP contribution in [0.5, 0.6) is 5.75 Å². The Morgan fingerprint density at radius 3 is 1.76 bits per heavy atom. The summed E-state index contributed by atoms with van der Waals surface area (Å²) in [5, 5.41) is 0. The molecule has 13 rings (SSSR count). The number of pyridine rings is 1. The molecule has 1 spiro atoms. The second-order valence-corrected chi connectivity index (χ2v) is 21.3. The van der Waals surface area contributed by atoms with Crippen LogP contribution in [0.25, 0.3) is 66.9 Å². The topological polar surface area (TPSA) is 19.6 Å². The highest BCUT2D eigenvalue weighted by Gasteiger charge is 2.70. The molecule has 0 saturated heterocycles. The standard InChI is InChI=1S/C64H54N3O/c1-40-26-31-55(50(34-40)45-22-15-10-16-23-45)66-56-25-17-24-49-51-35-47(42-20-13-9-14-21-42)36-52-57-37-46(44-29-27-43(28-30-44)41-18-11-8-12-19-41)32-33-65(57)64(58(51)52)67(59(49)56)61(66)53-38-48(62(2,3)4)39-54(60(53)68-64)63(5,6)7/h8-39,61H,1-7H3/q+1. The van der Waals surface area contributed by atoms with E-state index in [0.29, 0.717) is 0 Å². The van der Waals surface area contributed by atoms with Crippen LogP contribution in [-0.2, 0) is 16.7 Å². The largest absolute Gasteiger partial charge is 0.432 e. The minimum Gasteiger partial charge on any atom is -0.410 e. The molecule has 2 unspecified atom stereocenters. The second-order valence-electron chi connectivity index (χ2n) is 21.3. The first-order valence-corrected chi connectivity index (χ1v) is 24.1. The molecule has 0 bridgehead atoms. The third-order valence-electron chi connectivity index (χ3n) is 14.9. The van der Waals surface area contributed by atoms with E-state index in [4.69, 9.17) is 4.74 Å². The number of hydrogen-bond donors (Lipinski definition) is 0. The molecule has 8 aromatic carbocycles. The number of fused-ring (bicyclic) bond motifs is 5. The van der Waals surface area contributed by atoms with Gasteiger partial charge in [-0.05, 0) is 98.7 Å². The summed E-state index contributed by atoms with van der Waals surface area (Å²) in [6.07, 6.45) is 2.05. The lowest BCUT2D eigenvalue weighted by atomic mass is 9.77. The smallest absolute Gasteiger partial charge is 0.410 e. The molecular formula is C64H54N3O+. The van der Waals surface area contributed by atoms with E-state index in [1.807, 2.05) is 0 Å². The number of nitrogens with zero attached hydrogens (tertiary/aromatic N) is 3. The summed E-state index contributed by atoms with van der Waals surface area (Å²) in [4.78, 5) is 5.31. The van der Waals surface area contributed by atoms with E-state index >= 15 is 0 Å². The number of anilines is 3. The maximum Gasteiger partial charge on any atom is 0.432 e. The Hall–Kier alpha value is -7.69. The summed E-state index contributed by atoms with van der Waals surface area (Å²) in [5.41, 5.74) is 23.6. The van der Waals surface area contributed by atoms with E-state index in [0.717, 1.165) is 17.0 Å². The fourth-order valence-corrected chi connectivity index (χ4v) is 11.6. The average Bonchev–Trinajstić information content (AvgIpc) is 3.85. The Morgan fingerprint density at radius 2 is 1.10 bits per heavy atom. The molecule has 0 radical (unpaired) electrons. The van der Waals surface area contributed by atoms with Gasteiger partial charge in [-0.25, -0.2) is 4.90 Å². The molecule has 330 valence electrons. The monoisotopic (exact) mass is 880 g/mol. The normalized spacial score (nSPS) is 17.0. The molecule has 0 aliphatic carbocycles. The Labute approximate surface area is 400 Å². The van der Waals surface area contributed by atoms with Gasteiger partial charge in [0.25, 0.3) is 0 Å². The van der Waals surface area contributed by atoms with E-state index in [1.54, 1.807) is 0 Å². The van der Waals surface area contributed by atoms with Gasteiger partial charge in [0.1, 0.15) is 17.5 Å². The van der Waals surface area contributed by atoms with Crippen molar-refractivity contribution in [1.82, 2.24) is 0 Å². The van der Waals surface area contributed by atoms with Gasteiger partial charge < -0.3 is 9.64 Å². The molecule has 0 N–H and O–H groups in total. The van der Waals surface area contributed by atoms with E-state index in [2.05, 4.69) is 257 Å². The van der Waals surface area contributed by atoms with Gasteiger partial charge in [0.05, 0.1) is 22.6 Å². The maximum absolute atomic E-state index is 8.20. The lowest BCUT2D eigenvalue weighted by Gasteiger charge is -2.49. The molecule has 4 aliphatic rings. The predicted octanol–water partition coefficient (Wildman–Crippen LogP) is 15.9. The fourth-order valence-electron chi connectivity index (χ4n) is 11.6. The first kappa shape index (κ1) is 40.6. The zero-order valence-corrected chi connectivity index (χ0v) is 39.8. The Balaban J connectivity index is 1.14. The van der Waals surface area contributed by atoms with Crippen molar-refractivity contribution in [3.05, 3.63) is 222 Å². The molecular weight excluding hydrogens is 827 g/mol. The van der Waals surface area contributed by atoms with Crippen LogP contribution < -0.4 is 19.1 Å². The van der Waals surface area contributed by atoms with E-state index in [1.165, 1.54) is 101 Å². The minimum atomic E-state index is -1.07.